The standard InChI is InChI=1S/C27H28FN7/c1-19-7-3-5-9-23(19)29-25-31-26(30-24-10-6-4-8-20(24)2)33-27(32-25)35-17-15-34(16-18-35)22-13-11-21(28)12-14-22/h3-14H,15-18H2,1-2H3,(H2,29,30,31,32,33). The van der Waals surface area contributed by atoms with Crippen molar-refractivity contribution < 1.29 is 4.39 Å². The number of aromatic nitrogens is 3. The molecule has 2 heterocycles. The lowest BCUT2D eigenvalue weighted by molar-refractivity contribution is 0.623. The molecule has 0 saturated carbocycles. The van der Waals surface area contributed by atoms with Gasteiger partial charge in [0.2, 0.25) is 17.8 Å². The van der Waals surface area contributed by atoms with Crippen LogP contribution in [0, 0.1) is 19.7 Å². The number of nitrogens with one attached hydrogen (secondary N) is 2. The molecule has 2 N–H and O–H groups in total. The average Bonchev–Trinajstić information content (AvgIpc) is 2.87. The Balaban J connectivity index is 1.40. The molecule has 5 rings (SSSR count). The number of rotatable bonds is 6. The van der Waals surface area contributed by atoms with Crippen LogP contribution in [0.3, 0.4) is 0 Å². The highest BCUT2D eigenvalue weighted by atomic mass is 19.1. The summed E-state index contributed by atoms with van der Waals surface area (Å²) in [6.45, 7) is 7.16. The Labute approximate surface area is 204 Å². The van der Waals surface area contributed by atoms with Gasteiger partial charge in [-0.1, -0.05) is 36.4 Å². The molecule has 178 valence electrons. The first kappa shape index (κ1) is 22.6. The third-order valence-corrected chi connectivity index (χ3v) is 6.16. The van der Waals surface area contributed by atoms with Gasteiger partial charge in [-0.2, -0.15) is 15.0 Å². The van der Waals surface area contributed by atoms with E-state index >= 15 is 0 Å². The van der Waals surface area contributed by atoms with Crippen molar-refractivity contribution in [2.75, 3.05) is 46.6 Å². The van der Waals surface area contributed by atoms with Crippen LogP contribution in [0.5, 0.6) is 0 Å². The van der Waals surface area contributed by atoms with Gasteiger partial charge in [-0.05, 0) is 61.4 Å². The Bertz CT molecular complexity index is 1240. The Morgan fingerprint density at radius 1 is 0.629 bits per heavy atom. The summed E-state index contributed by atoms with van der Waals surface area (Å²) in [6.07, 6.45) is 0. The first-order valence-electron chi connectivity index (χ1n) is 11.7. The average molecular weight is 470 g/mol. The van der Waals surface area contributed by atoms with Crippen LogP contribution in [0.25, 0.3) is 0 Å². The summed E-state index contributed by atoms with van der Waals surface area (Å²) in [5.41, 5.74) is 5.14. The molecule has 0 atom stereocenters. The fourth-order valence-corrected chi connectivity index (χ4v) is 4.10. The highest BCUT2D eigenvalue weighted by Gasteiger charge is 2.21. The van der Waals surface area contributed by atoms with Crippen LogP contribution < -0.4 is 20.4 Å². The van der Waals surface area contributed by atoms with E-state index in [9.17, 15) is 4.39 Å². The van der Waals surface area contributed by atoms with Crippen molar-refractivity contribution in [2.45, 2.75) is 13.8 Å². The molecular formula is C27H28FN7. The van der Waals surface area contributed by atoms with E-state index in [2.05, 4.69) is 25.4 Å². The molecule has 0 spiro atoms. The molecule has 0 bridgehead atoms. The first-order chi connectivity index (χ1) is 17.0. The van der Waals surface area contributed by atoms with Crippen LogP contribution in [-0.4, -0.2) is 41.1 Å². The number of piperazine rings is 1. The van der Waals surface area contributed by atoms with E-state index in [0.29, 0.717) is 17.8 Å². The number of para-hydroxylation sites is 2. The van der Waals surface area contributed by atoms with Crippen molar-refractivity contribution >= 4 is 34.9 Å². The molecule has 1 aromatic heterocycles. The summed E-state index contributed by atoms with van der Waals surface area (Å²) in [4.78, 5) is 18.6. The molecule has 1 saturated heterocycles. The van der Waals surface area contributed by atoms with E-state index in [1.807, 2.05) is 74.5 Å². The molecule has 1 aliphatic rings. The highest BCUT2D eigenvalue weighted by molar-refractivity contribution is 5.63. The summed E-state index contributed by atoms with van der Waals surface area (Å²) in [6, 6.07) is 22.7. The quantitative estimate of drug-likeness (QED) is 0.390. The lowest BCUT2D eigenvalue weighted by Crippen LogP contribution is -2.47. The van der Waals surface area contributed by atoms with Gasteiger partial charge in [-0.15, -0.1) is 0 Å². The van der Waals surface area contributed by atoms with E-state index in [-0.39, 0.29) is 5.82 Å². The van der Waals surface area contributed by atoms with Gasteiger partial charge in [0.15, 0.2) is 0 Å². The largest absolute Gasteiger partial charge is 0.368 e. The van der Waals surface area contributed by atoms with Crippen molar-refractivity contribution in [3.8, 4) is 0 Å². The molecule has 8 heteroatoms. The monoisotopic (exact) mass is 469 g/mol. The minimum absolute atomic E-state index is 0.222. The maximum absolute atomic E-state index is 13.3. The molecule has 0 radical (unpaired) electrons. The zero-order valence-corrected chi connectivity index (χ0v) is 19.9. The smallest absolute Gasteiger partial charge is 0.233 e. The van der Waals surface area contributed by atoms with Crippen LogP contribution >= 0.6 is 0 Å². The van der Waals surface area contributed by atoms with Gasteiger partial charge in [-0.25, -0.2) is 4.39 Å². The van der Waals surface area contributed by atoms with E-state index in [0.717, 1.165) is 54.4 Å². The van der Waals surface area contributed by atoms with Gasteiger partial charge in [-0.3, -0.25) is 0 Å². The number of benzene rings is 3. The molecule has 0 unspecified atom stereocenters. The van der Waals surface area contributed by atoms with Crippen molar-refractivity contribution in [1.29, 1.82) is 0 Å². The van der Waals surface area contributed by atoms with Gasteiger partial charge in [0, 0.05) is 43.2 Å². The maximum Gasteiger partial charge on any atom is 0.233 e. The Morgan fingerprint density at radius 3 is 1.63 bits per heavy atom. The third kappa shape index (κ3) is 5.32. The summed E-state index contributed by atoms with van der Waals surface area (Å²) in [7, 11) is 0. The SMILES string of the molecule is Cc1ccccc1Nc1nc(Nc2ccccc2C)nc(N2CCN(c3ccc(F)cc3)CC2)n1. The Hall–Kier alpha value is -4.20. The van der Waals surface area contributed by atoms with E-state index < -0.39 is 0 Å². The fraction of sp³-hybridized carbons (Fsp3) is 0.222. The second-order valence-electron chi connectivity index (χ2n) is 8.61. The number of anilines is 6. The van der Waals surface area contributed by atoms with Crippen molar-refractivity contribution in [2.24, 2.45) is 0 Å². The number of hydrogen-bond donors (Lipinski definition) is 2. The van der Waals surface area contributed by atoms with Crippen molar-refractivity contribution in [3.05, 3.63) is 89.7 Å². The number of hydrogen-bond acceptors (Lipinski definition) is 7. The molecule has 1 fully saturated rings. The number of nitrogens with zero attached hydrogens (tertiary/aromatic N) is 5. The minimum atomic E-state index is -0.222. The molecule has 0 aliphatic carbocycles. The van der Waals surface area contributed by atoms with Crippen LogP contribution in [-0.2, 0) is 0 Å². The van der Waals surface area contributed by atoms with Crippen molar-refractivity contribution in [3.63, 3.8) is 0 Å². The first-order valence-corrected chi connectivity index (χ1v) is 11.7. The van der Waals surface area contributed by atoms with Crippen molar-refractivity contribution in [1.82, 2.24) is 15.0 Å². The van der Waals surface area contributed by atoms with E-state index in [4.69, 9.17) is 9.97 Å². The Morgan fingerprint density at radius 2 is 1.11 bits per heavy atom. The fourth-order valence-electron chi connectivity index (χ4n) is 4.10. The summed E-state index contributed by atoms with van der Waals surface area (Å²) >= 11 is 0. The predicted octanol–water partition coefficient (Wildman–Crippen LogP) is 5.44. The topological polar surface area (TPSA) is 69.2 Å². The molecule has 7 nitrogen and oxygen atoms in total. The van der Waals surface area contributed by atoms with Crippen LogP contribution in [0.15, 0.2) is 72.8 Å². The normalized spacial score (nSPS) is 13.6. The molecule has 3 aromatic carbocycles. The van der Waals surface area contributed by atoms with Gasteiger partial charge in [0.25, 0.3) is 0 Å². The van der Waals surface area contributed by atoms with E-state index in [1.165, 1.54) is 12.1 Å². The number of aryl methyl sites for hydroxylation is 2. The van der Waals surface area contributed by atoms with Gasteiger partial charge in [0.05, 0.1) is 0 Å². The summed E-state index contributed by atoms with van der Waals surface area (Å²) in [5.74, 6) is 1.37. The second kappa shape index (κ2) is 9.97. The highest BCUT2D eigenvalue weighted by Crippen LogP contribution is 2.25. The van der Waals surface area contributed by atoms with Crippen LogP contribution in [0.1, 0.15) is 11.1 Å². The van der Waals surface area contributed by atoms with Crippen LogP contribution in [0.2, 0.25) is 0 Å². The molecule has 4 aromatic rings. The number of halogens is 1. The molecular weight excluding hydrogens is 441 g/mol. The lowest BCUT2D eigenvalue weighted by atomic mass is 10.2. The minimum Gasteiger partial charge on any atom is -0.368 e. The summed E-state index contributed by atoms with van der Waals surface area (Å²) < 4.78 is 13.3. The van der Waals surface area contributed by atoms with Crippen LogP contribution in [0.4, 0.5) is 39.3 Å². The molecule has 35 heavy (non-hydrogen) atoms. The molecule has 1 aliphatic heterocycles. The van der Waals surface area contributed by atoms with Gasteiger partial charge >= 0.3 is 0 Å². The van der Waals surface area contributed by atoms with Gasteiger partial charge in [0.1, 0.15) is 5.82 Å². The predicted molar refractivity (Wildman–Crippen MR) is 140 cm³/mol. The van der Waals surface area contributed by atoms with E-state index in [1.54, 1.807) is 0 Å². The maximum atomic E-state index is 13.3. The lowest BCUT2D eigenvalue weighted by Gasteiger charge is -2.36. The van der Waals surface area contributed by atoms with Gasteiger partial charge < -0.3 is 20.4 Å². The zero-order chi connectivity index (χ0) is 24.2. The zero-order valence-electron chi connectivity index (χ0n) is 19.9. The summed E-state index contributed by atoms with van der Waals surface area (Å²) in [5, 5.41) is 6.72. The molecule has 0 amide bonds. The third-order valence-electron chi connectivity index (χ3n) is 6.16. The second-order valence-corrected chi connectivity index (χ2v) is 8.61. The Kier molecular flexibility index (Phi) is 6.43.